The third kappa shape index (κ3) is 3.35. The van der Waals surface area contributed by atoms with E-state index in [-0.39, 0.29) is 11.9 Å². The Morgan fingerprint density at radius 3 is 2.84 bits per heavy atom. The Balaban J connectivity index is 2.31. The van der Waals surface area contributed by atoms with Crippen LogP contribution < -0.4 is 10.1 Å². The zero-order chi connectivity index (χ0) is 13.8. The van der Waals surface area contributed by atoms with Crippen LogP contribution >= 0.6 is 27.3 Å². The van der Waals surface area contributed by atoms with Crippen molar-refractivity contribution in [3.63, 3.8) is 0 Å². The van der Waals surface area contributed by atoms with Crippen molar-refractivity contribution in [3.05, 3.63) is 50.4 Å². The van der Waals surface area contributed by atoms with E-state index in [1.165, 1.54) is 10.9 Å². The summed E-state index contributed by atoms with van der Waals surface area (Å²) in [6.07, 6.45) is 0.726. The van der Waals surface area contributed by atoms with E-state index in [1.807, 2.05) is 12.4 Å². The summed E-state index contributed by atoms with van der Waals surface area (Å²) < 4.78 is 20.4. The highest BCUT2D eigenvalue weighted by molar-refractivity contribution is 9.10. The topological polar surface area (TPSA) is 21.3 Å². The van der Waals surface area contributed by atoms with Gasteiger partial charge in [-0.3, -0.25) is 0 Å². The van der Waals surface area contributed by atoms with Gasteiger partial charge in [-0.2, -0.15) is 0 Å². The lowest BCUT2D eigenvalue weighted by molar-refractivity contribution is 0.393. The molecule has 1 aromatic heterocycles. The highest BCUT2D eigenvalue weighted by atomic mass is 79.9. The molecular weight excluding hydrogens is 329 g/mol. The van der Waals surface area contributed by atoms with Gasteiger partial charge >= 0.3 is 0 Å². The van der Waals surface area contributed by atoms with Crippen molar-refractivity contribution in [1.82, 2.24) is 5.32 Å². The predicted octanol–water partition coefficient (Wildman–Crippen LogP) is 4.16. The van der Waals surface area contributed by atoms with E-state index < -0.39 is 0 Å². The van der Waals surface area contributed by atoms with Gasteiger partial charge in [0, 0.05) is 32.8 Å². The van der Waals surface area contributed by atoms with Gasteiger partial charge in [-0.1, -0.05) is 6.07 Å². The second kappa shape index (κ2) is 6.50. The van der Waals surface area contributed by atoms with Crippen LogP contribution in [0.2, 0.25) is 0 Å². The monoisotopic (exact) mass is 343 g/mol. The van der Waals surface area contributed by atoms with Gasteiger partial charge < -0.3 is 10.1 Å². The summed E-state index contributed by atoms with van der Waals surface area (Å²) in [4.78, 5) is 1.19. The van der Waals surface area contributed by atoms with Crippen LogP contribution in [0.15, 0.2) is 34.1 Å². The number of hydrogen-bond donors (Lipinski definition) is 1. The highest BCUT2D eigenvalue weighted by Crippen LogP contribution is 2.32. The Labute approximate surface area is 124 Å². The first-order chi connectivity index (χ1) is 9.15. The number of ether oxygens (including phenoxy) is 1. The molecule has 0 fully saturated rings. The molecule has 0 saturated heterocycles. The van der Waals surface area contributed by atoms with Gasteiger partial charge in [-0.05, 0) is 41.2 Å². The van der Waals surface area contributed by atoms with Crippen molar-refractivity contribution in [1.29, 1.82) is 0 Å². The SMILES string of the molecule is CNC(Cc1cc(Br)cs1)c1c(F)cccc1OC. The average molecular weight is 344 g/mol. The number of benzene rings is 1. The number of halogens is 2. The van der Waals surface area contributed by atoms with Gasteiger partial charge in [0.25, 0.3) is 0 Å². The van der Waals surface area contributed by atoms with E-state index >= 15 is 0 Å². The minimum absolute atomic E-state index is 0.110. The zero-order valence-electron chi connectivity index (χ0n) is 10.7. The Hall–Kier alpha value is -0.910. The molecule has 0 radical (unpaired) electrons. The molecule has 1 N–H and O–H groups in total. The summed E-state index contributed by atoms with van der Waals surface area (Å²) in [5.74, 6) is 0.337. The van der Waals surface area contributed by atoms with E-state index in [9.17, 15) is 4.39 Å². The van der Waals surface area contributed by atoms with Gasteiger partial charge in [-0.15, -0.1) is 11.3 Å². The van der Waals surface area contributed by atoms with E-state index in [0.717, 1.165) is 10.9 Å². The van der Waals surface area contributed by atoms with Gasteiger partial charge in [0.15, 0.2) is 0 Å². The molecule has 0 aliphatic carbocycles. The number of hydrogen-bond acceptors (Lipinski definition) is 3. The third-order valence-corrected chi connectivity index (χ3v) is 4.68. The molecule has 19 heavy (non-hydrogen) atoms. The van der Waals surface area contributed by atoms with Crippen LogP contribution in [-0.4, -0.2) is 14.2 Å². The van der Waals surface area contributed by atoms with Crippen LogP contribution in [-0.2, 0) is 6.42 Å². The Bertz CT molecular complexity index is 558. The number of rotatable bonds is 5. The molecule has 0 bridgehead atoms. The standard InChI is InChI=1S/C14H15BrFNOS/c1-17-12(7-10-6-9(15)8-19-10)14-11(16)4-3-5-13(14)18-2/h3-6,8,12,17H,7H2,1-2H3. The van der Waals surface area contributed by atoms with E-state index in [0.29, 0.717) is 11.3 Å². The molecule has 2 rings (SSSR count). The van der Waals surface area contributed by atoms with Crippen molar-refractivity contribution >= 4 is 27.3 Å². The lowest BCUT2D eigenvalue weighted by Crippen LogP contribution is -2.20. The summed E-state index contributed by atoms with van der Waals surface area (Å²) in [5, 5.41) is 5.19. The van der Waals surface area contributed by atoms with Crippen LogP contribution in [0.5, 0.6) is 5.75 Å². The number of likely N-dealkylation sites (N-methyl/N-ethyl adjacent to an activating group) is 1. The summed E-state index contributed by atoms with van der Waals surface area (Å²) >= 11 is 5.09. The fraction of sp³-hybridized carbons (Fsp3) is 0.286. The van der Waals surface area contributed by atoms with Crippen molar-refractivity contribution in [2.24, 2.45) is 0 Å². The molecule has 1 unspecified atom stereocenters. The summed E-state index contributed by atoms with van der Waals surface area (Å²) in [6, 6.07) is 6.86. The molecule has 0 aliphatic rings. The fourth-order valence-electron chi connectivity index (χ4n) is 2.04. The molecule has 5 heteroatoms. The second-order valence-corrected chi connectivity index (χ2v) is 6.04. The first kappa shape index (κ1) is 14.5. The maximum Gasteiger partial charge on any atom is 0.131 e. The maximum atomic E-state index is 14.1. The zero-order valence-corrected chi connectivity index (χ0v) is 13.1. The number of nitrogens with one attached hydrogen (secondary N) is 1. The third-order valence-electron chi connectivity index (χ3n) is 2.96. The van der Waals surface area contributed by atoms with E-state index in [1.54, 1.807) is 30.6 Å². The van der Waals surface area contributed by atoms with Crippen LogP contribution in [0.1, 0.15) is 16.5 Å². The van der Waals surface area contributed by atoms with Crippen LogP contribution in [0.25, 0.3) is 0 Å². The molecule has 102 valence electrons. The molecule has 1 atom stereocenters. The molecule has 0 saturated carbocycles. The molecular formula is C14H15BrFNOS. The highest BCUT2D eigenvalue weighted by Gasteiger charge is 2.20. The fourth-order valence-corrected chi connectivity index (χ4v) is 3.54. The summed E-state index contributed by atoms with van der Waals surface area (Å²) in [5.41, 5.74) is 0.581. The van der Waals surface area contributed by atoms with Crippen LogP contribution in [0, 0.1) is 5.82 Å². The molecule has 0 amide bonds. The predicted molar refractivity (Wildman–Crippen MR) is 80.5 cm³/mol. The van der Waals surface area contributed by atoms with E-state index in [2.05, 4.69) is 27.3 Å². The van der Waals surface area contributed by atoms with Crippen molar-refractivity contribution in [3.8, 4) is 5.75 Å². The maximum absolute atomic E-state index is 14.1. The summed E-state index contributed by atoms with van der Waals surface area (Å²) in [7, 11) is 3.39. The molecule has 0 spiro atoms. The molecule has 0 aliphatic heterocycles. The Kier molecular flexibility index (Phi) is 4.96. The quantitative estimate of drug-likeness (QED) is 0.879. The number of thiophene rings is 1. The van der Waals surface area contributed by atoms with Gasteiger partial charge in [0.05, 0.1) is 7.11 Å². The van der Waals surface area contributed by atoms with Crippen LogP contribution in [0.3, 0.4) is 0 Å². The lowest BCUT2D eigenvalue weighted by atomic mass is 10.0. The minimum atomic E-state index is -0.241. The van der Waals surface area contributed by atoms with E-state index in [4.69, 9.17) is 4.74 Å². The van der Waals surface area contributed by atoms with Crippen LogP contribution in [0.4, 0.5) is 4.39 Å². The minimum Gasteiger partial charge on any atom is -0.496 e. The normalized spacial score (nSPS) is 12.4. The molecule has 2 aromatic rings. The van der Waals surface area contributed by atoms with Crippen molar-refractivity contribution < 1.29 is 9.13 Å². The van der Waals surface area contributed by atoms with Gasteiger partial charge in [-0.25, -0.2) is 4.39 Å². The number of methoxy groups -OCH3 is 1. The average Bonchev–Trinajstić information content (AvgIpc) is 2.81. The Morgan fingerprint density at radius 1 is 1.47 bits per heavy atom. The van der Waals surface area contributed by atoms with Gasteiger partial charge in [0.2, 0.25) is 0 Å². The Morgan fingerprint density at radius 2 is 2.26 bits per heavy atom. The lowest BCUT2D eigenvalue weighted by Gasteiger charge is -2.19. The first-order valence-corrected chi connectivity index (χ1v) is 7.55. The van der Waals surface area contributed by atoms with Gasteiger partial charge in [0.1, 0.15) is 11.6 Å². The molecule has 1 heterocycles. The van der Waals surface area contributed by atoms with Crippen molar-refractivity contribution in [2.75, 3.05) is 14.2 Å². The smallest absolute Gasteiger partial charge is 0.131 e. The second-order valence-electron chi connectivity index (χ2n) is 4.13. The van der Waals surface area contributed by atoms with Crippen molar-refractivity contribution in [2.45, 2.75) is 12.5 Å². The first-order valence-electron chi connectivity index (χ1n) is 5.88. The largest absolute Gasteiger partial charge is 0.496 e. The molecule has 2 nitrogen and oxygen atoms in total. The molecule has 1 aromatic carbocycles. The summed E-state index contributed by atoms with van der Waals surface area (Å²) in [6.45, 7) is 0.